The zero-order chi connectivity index (χ0) is 8.91. The van der Waals surface area contributed by atoms with Gasteiger partial charge in [0, 0.05) is 7.11 Å². The zero-order valence-electron chi connectivity index (χ0n) is 8.29. The van der Waals surface area contributed by atoms with Crippen molar-refractivity contribution in [2.45, 2.75) is 13.0 Å². The van der Waals surface area contributed by atoms with Gasteiger partial charge in [-0.15, -0.1) is 0 Å². The quantitative estimate of drug-likeness (QED) is 0.442. The zero-order valence-corrected chi connectivity index (χ0v) is 8.29. The van der Waals surface area contributed by atoms with Gasteiger partial charge in [-0.1, -0.05) is 12.2 Å². The van der Waals surface area contributed by atoms with Crippen molar-refractivity contribution >= 4 is 0 Å². The average molecular weight is 158 g/mol. The minimum Gasteiger partial charge on any atom is -0.371 e. The van der Waals surface area contributed by atoms with Gasteiger partial charge in [-0.25, -0.2) is 0 Å². The lowest BCUT2D eigenvalue weighted by molar-refractivity contribution is -0.872. The number of allylic oxidation sites excluding steroid dienone is 1. The van der Waals surface area contributed by atoms with Crippen LogP contribution in [0.1, 0.15) is 6.92 Å². The molecule has 0 radical (unpaired) electrons. The first-order chi connectivity index (χ1) is 4.99. The number of methoxy groups -OCH3 is 1. The fraction of sp³-hybridized carbons (Fsp3) is 0.778. The van der Waals surface area contributed by atoms with E-state index in [1.807, 2.05) is 13.0 Å². The van der Waals surface area contributed by atoms with E-state index in [1.165, 1.54) is 0 Å². The molecule has 0 saturated carbocycles. The van der Waals surface area contributed by atoms with Gasteiger partial charge in [0.25, 0.3) is 0 Å². The van der Waals surface area contributed by atoms with Crippen molar-refractivity contribution in [2.24, 2.45) is 0 Å². The van der Waals surface area contributed by atoms with Crippen LogP contribution in [-0.4, -0.2) is 45.4 Å². The molecule has 0 aliphatic carbocycles. The molecular weight excluding hydrogens is 138 g/mol. The standard InChI is InChI=1S/C9H20NO/c1-6-7-9(11-5)8-10(2,3)4/h6-7,9H,8H2,1-5H3/q+1. The van der Waals surface area contributed by atoms with Crippen LogP contribution in [0.15, 0.2) is 12.2 Å². The predicted molar refractivity (Wildman–Crippen MR) is 48.5 cm³/mol. The van der Waals surface area contributed by atoms with Crippen LogP contribution in [-0.2, 0) is 4.74 Å². The van der Waals surface area contributed by atoms with Crippen molar-refractivity contribution in [3.8, 4) is 0 Å². The molecule has 0 spiro atoms. The maximum absolute atomic E-state index is 5.26. The maximum atomic E-state index is 5.26. The minimum absolute atomic E-state index is 0.250. The Labute approximate surface area is 70.1 Å². The van der Waals surface area contributed by atoms with Crippen LogP contribution < -0.4 is 0 Å². The van der Waals surface area contributed by atoms with E-state index in [4.69, 9.17) is 4.74 Å². The third-order valence-corrected chi connectivity index (χ3v) is 1.44. The van der Waals surface area contributed by atoms with Crippen LogP contribution in [0, 0.1) is 0 Å². The fourth-order valence-electron chi connectivity index (χ4n) is 0.968. The summed E-state index contributed by atoms with van der Waals surface area (Å²) in [7, 11) is 8.24. The summed E-state index contributed by atoms with van der Waals surface area (Å²) in [5.41, 5.74) is 0. The molecule has 11 heavy (non-hydrogen) atoms. The molecule has 0 aromatic carbocycles. The lowest BCUT2D eigenvalue weighted by Crippen LogP contribution is -2.41. The Kier molecular flexibility index (Phi) is 4.38. The molecule has 0 bridgehead atoms. The van der Waals surface area contributed by atoms with Crippen molar-refractivity contribution in [3.05, 3.63) is 12.2 Å². The highest BCUT2D eigenvalue weighted by molar-refractivity contribution is 4.86. The molecule has 1 unspecified atom stereocenters. The Morgan fingerprint density at radius 1 is 1.36 bits per heavy atom. The smallest absolute Gasteiger partial charge is 0.124 e. The first kappa shape index (κ1) is 10.7. The summed E-state index contributed by atoms with van der Waals surface area (Å²) < 4.78 is 6.20. The van der Waals surface area contributed by atoms with Crippen LogP contribution in [0.5, 0.6) is 0 Å². The molecule has 2 nitrogen and oxygen atoms in total. The van der Waals surface area contributed by atoms with E-state index in [9.17, 15) is 0 Å². The van der Waals surface area contributed by atoms with Gasteiger partial charge >= 0.3 is 0 Å². The molecule has 0 aromatic heterocycles. The van der Waals surface area contributed by atoms with Crippen molar-refractivity contribution < 1.29 is 9.22 Å². The van der Waals surface area contributed by atoms with E-state index in [0.29, 0.717) is 0 Å². The van der Waals surface area contributed by atoms with Crippen LogP contribution in [0.3, 0.4) is 0 Å². The maximum Gasteiger partial charge on any atom is 0.124 e. The third kappa shape index (κ3) is 6.07. The number of nitrogens with zero attached hydrogens (tertiary/aromatic N) is 1. The van der Waals surface area contributed by atoms with Crippen molar-refractivity contribution in [1.29, 1.82) is 0 Å². The molecule has 0 amide bonds. The molecule has 0 N–H and O–H groups in total. The van der Waals surface area contributed by atoms with Gasteiger partial charge < -0.3 is 9.22 Å². The van der Waals surface area contributed by atoms with E-state index >= 15 is 0 Å². The molecule has 0 rings (SSSR count). The molecule has 2 heteroatoms. The molecule has 0 saturated heterocycles. The van der Waals surface area contributed by atoms with Gasteiger partial charge in [0.1, 0.15) is 12.6 Å². The van der Waals surface area contributed by atoms with Crippen molar-refractivity contribution in [1.82, 2.24) is 0 Å². The van der Waals surface area contributed by atoms with E-state index < -0.39 is 0 Å². The normalized spacial score (nSPS) is 15.7. The summed E-state index contributed by atoms with van der Waals surface area (Å²) in [5, 5.41) is 0. The summed E-state index contributed by atoms with van der Waals surface area (Å²) in [6.45, 7) is 3.03. The number of hydrogen-bond acceptors (Lipinski definition) is 1. The molecule has 0 heterocycles. The van der Waals surface area contributed by atoms with Crippen LogP contribution >= 0.6 is 0 Å². The first-order valence-corrected chi connectivity index (χ1v) is 3.95. The largest absolute Gasteiger partial charge is 0.371 e. The van der Waals surface area contributed by atoms with E-state index in [0.717, 1.165) is 11.0 Å². The highest BCUT2D eigenvalue weighted by atomic mass is 16.5. The number of quaternary nitrogens is 1. The summed E-state index contributed by atoms with van der Waals surface area (Å²) in [6.07, 6.45) is 4.37. The molecule has 0 aliphatic rings. The second kappa shape index (κ2) is 4.52. The van der Waals surface area contributed by atoms with E-state index in [-0.39, 0.29) is 6.10 Å². The SMILES string of the molecule is CC=CC(C[N+](C)(C)C)OC. The van der Waals surface area contributed by atoms with E-state index in [1.54, 1.807) is 7.11 Å². The summed E-state index contributed by atoms with van der Waals surface area (Å²) >= 11 is 0. The van der Waals surface area contributed by atoms with Crippen LogP contribution in [0.2, 0.25) is 0 Å². The number of ether oxygens (including phenoxy) is 1. The Morgan fingerprint density at radius 3 is 2.18 bits per heavy atom. The van der Waals surface area contributed by atoms with Crippen LogP contribution in [0.25, 0.3) is 0 Å². The van der Waals surface area contributed by atoms with Gasteiger partial charge in [-0.2, -0.15) is 0 Å². The average Bonchev–Trinajstić information content (AvgIpc) is 1.84. The second-order valence-electron chi connectivity index (χ2n) is 3.77. The topological polar surface area (TPSA) is 9.23 Å². The Morgan fingerprint density at radius 2 is 1.91 bits per heavy atom. The first-order valence-electron chi connectivity index (χ1n) is 3.95. The third-order valence-electron chi connectivity index (χ3n) is 1.44. The highest BCUT2D eigenvalue weighted by Gasteiger charge is 2.13. The molecular formula is C9H20NO+. The van der Waals surface area contributed by atoms with Crippen LogP contribution in [0.4, 0.5) is 0 Å². The minimum atomic E-state index is 0.250. The monoisotopic (exact) mass is 158 g/mol. The van der Waals surface area contributed by atoms with E-state index in [2.05, 4.69) is 27.2 Å². The lowest BCUT2D eigenvalue weighted by atomic mass is 10.3. The molecule has 66 valence electrons. The Hall–Kier alpha value is -0.340. The lowest BCUT2D eigenvalue weighted by Gasteiger charge is -2.27. The Bertz CT molecular complexity index is 124. The number of hydrogen-bond donors (Lipinski definition) is 0. The summed E-state index contributed by atoms with van der Waals surface area (Å²) in [6, 6.07) is 0. The van der Waals surface area contributed by atoms with Gasteiger partial charge in [-0.05, 0) is 6.92 Å². The Balaban J connectivity index is 3.88. The fourth-order valence-corrected chi connectivity index (χ4v) is 0.968. The van der Waals surface area contributed by atoms with Gasteiger partial charge in [-0.3, -0.25) is 0 Å². The predicted octanol–water partition coefficient (Wildman–Crippen LogP) is 1.28. The second-order valence-corrected chi connectivity index (χ2v) is 3.77. The number of rotatable bonds is 4. The number of likely N-dealkylation sites (N-methyl/N-ethyl adjacent to an activating group) is 1. The summed E-state index contributed by atoms with van der Waals surface area (Å²) in [5.74, 6) is 0. The van der Waals surface area contributed by atoms with Gasteiger partial charge in [0.15, 0.2) is 0 Å². The summed E-state index contributed by atoms with van der Waals surface area (Å²) in [4.78, 5) is 0. The van der Waals surface area contributed by atoms with Crippen molar-refractivity contribution in [2.75, 3.05) is 34.8 Å². The van der Waals surface area contributed by atoms with Gasteiger partial charge in [0.2, 0.25) is 0 Å². The molecule has 0 fully saturated rings. The molecule has 0 aliphatic heterocycles. The van der Waals surface area contributed by atoms with Crippen molar-refractivity contribution in [3.63, 3.8) is 0 Å². The van der Waals surface area contributed by atoms with Gasteiger partial charge in [0.05, 0.1) is 21.1 Å². The molecule has 0 aromatic rings. The molecule has 1 atom stereocenters. The highest BCUT2D eigenvalue weighted by Crippen LogP contribution is 1.99.